The van der Waals surface area contributed by atoms with Crippen molar-refractivity contribution in [1.29, 1.82) is 0 Å². The van der Waals surface area contributed by atoms with Gasteiger partial charge >= 0.3 is 0 Å². The lowest BCUT2D eigenvalue weighted by atomic mass is 9.73. The highest BCUT2D eigenvalue weighted by Gasteiger charge is 2.54. The smallest absolute Gasteiger partial charge is 0.231 e. The van der Waals surface area contributed by atoms with Gasteiger partial charge in [-0.15, -0.1) is 0 Å². The average molecular weight is 423 g/mol. The summed E-state index contributed by atoms with van der Waals surface area (Å²) in [5.74, 6) is 1.27. The van der Waals surface area contributed by atoms with Crippen LogP contribution in [-0.4, -0.2) is 83.1 Å². The standard InChI is InChI=1S/C23H30N6O2/c30-21(28-11-13-31-14-12-28)23-5-1-10-27(15-19-3-8-24-9-4-19)16-20(23)17-29(18-23)22-25-6-2-7-26-22/h2-4,6-9,20H,1,5,10-18H2/t20-,23-/m0/s1. The van der Waals surface area contributed by atoms with Crippen LogP contribution >= 0.6 is 0 Å². The molecule has 2 atom stereocenters. The zero-order chi connectivity index (χ0) is 21.1. The van der Waals surface area contributed by atoms with Gasteiger partial charge in [0.1, 0.15) is 0 Å². The molecule has 0 unspecified atom stereocenters. The maximum absolute atomic E-state index is 13.9. The molecule has 8 nitrogen and oxygen atoms in total. The van der Waals surface area contributed by atoms with Crippen LogP contribution in [0.2, 0.25) is 0 Å². The topological polar surface area (TPSA) is 74.7 Å². The molecule has 0 aromatic carbocycles. The fraction of sp³-hybridized carbons (Fsp3) is 0.565. The summed E-state index contributed by atoms with van der Waals surface area (Å²) in [6, 6.07) is 5.99. The number of aromatic nitrogens is 3. The molecule has 0 bridgehead atoms. The summed E-state index contributed by atoms with van der Waals surface area (Å²) in [5.41, 5.74) is 0.882. The number of amides is 1. The highest BCUT2D eigenvalue weighted by molar-refractivity contribution is 5.85. The molecule has 2 aromatic rings. The third kappa shape index (κ3) is 4.14. The van der Waals surface area contributed by atoms with Crippen molar-refractivity contribution in [3.63, 3.8) is 0 Å². The predicted octanol–water partition coefficient (Wildman–Crippen LogP) is 1.45. The van der Waals surface area contributed by atoms with Crippen molar-refractivity contribution >= 4 is 11.9 Å². The number of anilines is 1. The van der Waals surface area contributed by atoms with Gasteiger partial charge in [-0.05, 0) is 43.1 Å². The van der Waals surface area contributed by atoms with E-state index in [1.54, 1.807) is 12.4 Å². The molecule has 0 radical (unpaired) electrons. The van der Waals surface area contributed by atoms with Crippen molar-refractivity contribution in [1.82, 2.24) is 24.8 Å². The van der Waals surface area contributed by atoms with Gasteiger partial charge in [0, 0.05) is 70.0 Å². The molecule has 1 amide bonds. The van der Waals surface area contributed by atoms with Crippen LogP contribution in [0.5, 0.6) is 0 Å². The summed E-state index contributed by atoms with van der Waals surface area (Å²) in [5, 5.41) is 0. The Morgan fingerprint density at radius 3 is 2.61 bits per heavy atom. The first kappa shape index (κ1) is 20.3. The first-order valence-electron chi connectivity index (χ1n) is 11.2. The Morgan fingerprint density at radius 2 is 1.84 bits per heavy atom. The van der Waals surface area contributed by atoms with E-state index in [9.17, 15) is 4.79 Å². The van der Waals surface area contributed by atoms with Gasteiger partial charge in [0.05, 0.1) is 18.6 Å². The number of hydrogen-bond donors (Lipinski definition) is 0. The summed E-state index contributed by atoms with van der Waals surface area (Å²) < 4.78 is 5.51. The highest BCUT2D eigenvalue weighted by atomic mass is 16.5. The van der Waals surface area contributed by atoms with Crippen LogP contribution in [0.4, 0.5) is 5.95 Å². The lowest BCUT2D eigenvalue weighted by Crippen LogP contribution is -2.52. The molecule has 5 rings (SSSR count). The van der Waals surface area contributed by atoms with Crippen molar-refractivity contribution in [3.05, 3.63) is 48.5 Å². The number of rotatable bonds is 4. The second-order valence-electron chi connectivity index (χ2n) is 8.88. The van der Waals surface area contributed by atoms with Crippen LogP contribution in [-0.2, 0) is 16.1 Å². The lowest BCUT2D eigenvalue weighted by molar-refractivity contribution is -0.148. The summed E-state index contributed by atoms with van der Waals surface area (Å²) >= 11 is 0. The molecule has 164 valence electrons. The Hall–Kier alpha value is -2.58. The Morgan fingerprint density at radius 1 is 1.06 bits per heavy atom. The highest BCUT2D eigenvalue weighted by Crippen LogP contribution is 2.45. The fourth-order valence-electron chi connectivity index (χ4n) is 5.44. The Labute approximate surface area is 183 Å². The van der Waals surface area contributed by atoms with Gasteiger partial charge < -0.3 is 14.5 Å². The monoisotopic (exact) mass is 422 g/mol. The van der Waals surface area contributed by atoms with Crippen molar-refractivity contribution in [3.8, 4) is 0 Å². The minimum atomic E-state index is -0.385. The first-order valence-corrected chi connectivity index (χ1v) is 11.2. The number of fused-ring (bicyclic) bond motifs is 1. The van der Waals surface area contributed by atoms with E-state index in [0.29, 0.717) is 38.8 Å². The van der Waals surface area contributed by atoms with Crippen LogP contribution in [0.3, 0.4) is 0 Å². The molecular weight excluding hydrogens is 392 g/mol. The lowest BCUT2D eigenvalue weighted by Gasteiger charge is -2.38. The number of morpholine rings is 1. The molecule has 0 saturated carbocycles. The van der Waals surface area contributed by atoms with Gasteiger partial charge in [-0.2, -0.15) is 0 Å². The zero-order valence-electron chi connectivity index (χ0n) is 17.9. The van der Waals surface area contributed by atoms with Crippen LogP contribution in [0, 0.1) is 11.3 Å². The van der Waals surface area contributed by atoms with Crippen LogP contribution in [0.1, 0.15) is 18.4 Å². The van der Waals surface area contributed by atoms with E-state index < -0.39 is 0 Å². The molecule has 3 aliphatic heterocycles. The predicted molar refractivity (Wildman–Crippen MR) is 116 cm³/mol. The van der Waals surface area contributed by atoms with E-state index in [2.05, 4.69) is 36.9 Å². The molecule has 8 heteroatoms. The molecule has 3 fully saturated rings. The Balaban J connectivity index is 1.41. The van der Waals surface area contributed by atoms with Crippen LogP contribution in [0.15, 0.2) is 43.0 Å². The molecule has 3 aliphatic rings. The van der Waals surface area contributed by atoms with Crippen molar-refractivity contribution < 1.29 is 9.53 Å². The Bertz CT molecular complexity index is 876. The Kier molecular flexibility index (Phi) is 5.82. The largest absolute Gasteiger partial charge is 0.378 e. The van der Waals surface area contributed by atoms with Gasteiger partial charge in [0.25, 0.3) is 0 Å². The minimum absolute atomic E-state index is 0.246. The number of hydrogen-bond acceptors (Lipinski definition) is 7. The molecule has 31 heavy (non-hydrogen) atoms. The maximum atomic E-state index is 13.9. The van der Waals surface area contributed by atoms with Crippen LogP contribution < -0.4 is 4.90 Å². The van der Waals surface area contributed by atoms with Gasteiger partial charge in [-0.1, -0.05) is 0 Å². The third-order valence-corrected chi connectivity index (χ3v) is 6.99. The summed E-state index contributed by atoms with van der Waals surface area (Å²) in [4.78, 5) is 33.8. The van der Waals surface area contributed by atoms with Crippen molar-refractivity contribution in [2.45, 2.75) is 19.4 Å². The van der Waals surface area contributed by atoms with E-state index >= 15 is 0 Å². The number of nitrogens with zero attached hydrogens (tertiary/aromatic N) is 6. The SMILES string of the molecule is O=C(N1CCOCC1)[C@]12CCCN(Cc3ccncc3)C[C@H]1CN(c1ncccn1)C2. The van der Waals surface area contributed by atoms with Crippen molar-refractivity contribution in [2.75, 3.05) is 57.4 Å². The normalized spacial score (nSPS) is 27.0. The number of pyridine rings is 1. The van der Waals surface area contributed by atoms with Crippen molar-refractivity contribution in [2.24, 2.45) is 11.3 Å². The van der Waals surface area contributed by atoms with E-state index in [1.165, 1.54) is 5.56 Å². The van der Waals surface area contributed by atoms with Gasteiger partial charge in [-0.25, -0.2) is 9.97 Å². The van der Waals surface area contributed by atoms with Gasteiger partial charge in [0.2, 0.25) is 11.9 Å². The first-order chi connectivity index (χ1) is 15.2. The molecule has 0 N–H and O–H groups in total. The second kappa shape index (κ2) is 8.88. The molecule has 5 heterocycles. The summed E-state index contributed by atoms with van der Waals surface area (Å²) in [6.07, 6.45) is 9.18. The van der Waals surface area contributed by atoms with E-state index in [4.69, 9.17) is 4.74 Å². The van der Waals surface area contributed by atoms with E-state index in [1.807, 2.05) is 23.4 Å². The molecular formula is C23H30N6O2. The van der Waals surface area contributed by atoms with Crippen LogP contribution in [0.25, 0.3) is 0 Å². The molecule has 0 spiro atoms. The number of carbonyl (C=O) groups is 1. The summed E-state index contributed by atoms with van der Waals surface area (Å²) in [6.45, 7) is 6.96. The number of ether oxygens (including phenoxy) is 1. The second-order valence-corrected chi connectivity index (χ2v) is 8.88. The third-order valence-electron chi connectivity index (χ3n) is 6.99. The minimum Gasteiger partial charge on any atom is -0.378 e. The van der Waals surface area contributed by atoms with Gasteiger partial charge in [-0.3, -0.25) is 14.7 Å². The van der Waals surface area contributed by atoms with Gasteiger partial charge in [0.15, 0.2) is 0 Å². The number of likely N-dealkylation sites (tertiary alicyclic amines) is 1. The molecule has 2 aromatic heterocycles. The number of carbonyl (C=O) groups excluding carboxylic acids is 1. The average Bonchev–Trinajstić information content (AvgIpc) is 3.10. The molecule has 0 aliphatic carbocycles. The van der Waals surface area contributed by atoms with E-state index in [-0.39, 0.29) is 11.3 Å². The quantitative estimate of drug-likeness (QED) is 0.738. The maximum Gasteiger partial charge on any atom is 0.231 e. The zero-order valence-corrected chi connectivity index (χ0v) is 17.9. The fourth-order valence-corrected chi connectivity index (χ4v) is 5.44. The summed E-state index contributed by atoms with van der Waals surface area (Å²) in [7, 11) is 0. The molecule has 3 saturated heterocycles. The van der Waals surface area contributed by atoms with E-state index in [0.717, 1.165) is 45.0 Å².